The van der Waals surface area contributed by atoms with Crippen molar-refractivity contribution in [2.75, 3.05) is 13.7 Å². The molecule has 0 saturated carbocycles. The Kier molecular flexibility index (Phi) is 8.12. The number of ether oxygens (including phenoxy) is 2. The molecular formula is C23H18Cl6N4O3. The second-order valence-electron chi connectivity index (χ2n) is 7.89. The number of esters is 1. The van der Waals surface area contributed by atoms with E-state index in [1.807, 2.05) is 41.0 Å². The minimum Gasteiger partial charge on any atom is -0.459 e. The molecule has 0 aliphatic carbocycles. The van der Waals surface area contributed by atoms with Crippen LogP contribution in [0.2, 0.25) is 0 Å². The molecular weight excluding hydrogens is 593 g/mol. The molecule has 0 bridgehead atoms. The van der Waals surface area contributed by atoms with Crippen molar-refractivity contribution < 1.29 is 14.3 Å². The van der Waals surface area contributed by atoms with Gasteiger partial charge < -0.3 is 14.0 Å². The fraction of sp³-hybridized carbons (Fsp3) is 0.304. The number of alkyl halides is 6. The lowest BCUT2D eigenvalue weighted by Crippen LogP contribution is -2.22. The normalized spacial score (nSPS) is 13.3. The smallest absolute Gasteiger partial charge is 0.326 e. The highest BCUT2D eigenvalue weighted by molar-refractivity contribution is 6.67. The summed E-state index contributed by atoms with van der Waals surface area (Å²) in [5.74, 6) is -0.605. The van der Waals surface area contributed by atoms with Gasteiger partial charge in [0.1, 0.15) is 12.6 Å². The first-order valence-corrected chi connectivity index (χ1v) is 12.8. The number of hydrogen-bond acceptors (Lipinski definition) is 6. The van der Waals surface area contributed by atoms with E-state index in [1.54, 1.807) is 20.1 Å². The number of rotatable bonds is 6. The number of carbonyl (C=O) groups excluding carboxylic acids is 1. The fourth-order valence-electron chi connectivity index (χ4n) is 3.78. The number of methoxy groups -OCH3 is 1. The molecule has 0 N–H and O–H groups in total. The van der Waals surface area contributed by atoms with Gasteiger partial charge in [0, 0.05) is 34.5 Å². The molecule has 2 heterocycles. The molecule has 1 unspecified atom stereocenters. The molecule has 2 aromatic heterocycles. The summed E-state index contributed by atoms with van der Waals surface area (Å²) in [5.41, 5.74) is 2.21. The summed E-state index contributed by atoms with van der Waals surface area (Å²) in [6, 6.07) is 13.1. The average molecular weight is 611 g/mol. The quantitative estimate of drug-likeness (QED) is 0.175. The Hall–Kier alpha value is -1.58. The second kappa shape index (κ2) is 10.7. The van der Waals surface area contributed by atoms with Crippen LogP contribution in [0, 0.1) is 0 Å². The standard InChI is InChI=1S/C23H18Cl6N4O3/c1-12(11-35-2)36-18(34)10-33-16-6-4-3-5-14(16)15-9-13(7-8-17(15)33)19-30-20(22(24,25)26)32-21(31-19)23(27,28)29/h3-9,12H,10-11H2,1-2H3. The van der Waals surface area contributed by atoms with Gasteiger partial charge in [-0.05, 0) is 31.2 Å². The Labute approximate surface area is 236 Å². The van der Waals surface area contributed by atoms with Crippen molar-refractivity contribution in [2.45, 2.75) is 27.2 Å². The molecule has 2 aromatic carbocycles. The predicted molar refractivity (Wildman–Crippen MR) is 144 cm³/mol. The third kappa shape index (κ3) is 5.94. The van der Waals surface area contributed by atoms with Gasteiger partial charge in [0.2, 0.25) is 7.59 Å². The van der Waals surface area contributed by atoms with Gasteiger partial charge in [-0.3, -0.25) is 4.79 Å². The summed E-state index contributed by atoms with van der Waals surface area (Å²) in [7, 11) is 1.55. The van der Waals surface area contributed by atoms with E-state index < -0.39 is 7.59 Å². The minimum absolute atomic E-state index is 0.0119. The van der Waals surface area contributed by atoms with Crippen molar-refractivity contribution in [1.82, 2.24) is 19.5 Å². The number of hydrogen-bond donors (Lipinski definition) is 0. The second-order valence-corrected chi connectivity index (χ2v) is 12.5. The van der Waals surface area contributed by atoms with Crippen molar-refractivity contribution in [3.05, 3.63) is 54.1 Å². The van der Waals surface area contributed by atoms with Gasteiger partial charge >= 0.3 is 5.97 Å². The summed E-state index contributed by atoms with van der Waals surface area (Å²) in [4.78, 5) is 25.2. The Morgan fingerprint density at radius 2 is 1.53 bits per heavy atom. The van der Waals surface area contributed by atoms with Crippen molar-refractivity contribution in [2.24, 2.45) is 0 Å². The molecule has 0 amide bonds. The van der Waals surface area contributed by atoms with Crippen LogP contribution in [0.25, 0.3) is 33.2 Å². The SMILES string of the molecule is COCC(C)OC(=O)Cn1c2ccccc2c2cc(-c3nc(C(Cl)(Cl)Cl)nc(C(Cl)(Cl)Cl)n3)ccc21. The summed E-state index contributed by atoms with van der Waals surface area (Å²) in [6.45, 7) is 2.09. The lowest BCUT2D eigenvalue weighted by Gasteiger charge is -2.15. The van der Waals surface area contributed by atoms with E-state index >= 15 is 0 Å². The monoisotopic (exact) mass is 608 g/mol. The van der Waals surface area contributed by atoms with Gasteiger partial charge in [0.15, 0.2) is 17.5 Å². The molecule has 13 heteroatoms. The zero-order valence-electron chi connectivity index (χ0n) is 18.8. The fourth-order valence-corrected chi connectivity index (χ4v) is 4.29. The van der Waals surface area contributed by atoms with Crippen LogP contribution in [0.5, 0.6) is 0 Å². The maximum Gasteiger partial charge on any atom is 0.326 e. The van der Waals surface area contributed by atoms with E-state index in [0.717, 1.165) is 21.8 Å². The van der Waals surface area contributed by atoms with Gasteiger partial charge in [-0.15, -0.1) is 0 Å². The molecule has 0 aliphatic rings. The van der Waals surface area contributed by atoms with E-state index in [0.29, 0.717) is 12.2 Å². The van der Waals surface area contributed by atoms with E-state index in [4.69, 9.17) is 79.1 Å². The Morgan fingerprint density at radius 1 is 0.917 bits per heavy atom. The number of fused-ring (bicyclic) bond motifs is 3. The Balaban J connectivity index is 1.83. The van der Waals surface area contributed by atoms with Crippen LogP contribution in [0.15, 0.2) is 42.5 Å². The first-order valence-electron chi connectivity index (χ1n) is 10.5. The van der Waals surface area contributed by atoms with Crippen LogP contribution < -0.4 is 0 Å². The van der Waals surface area contributed by atoms with Gasteiger partial charge in [-0.25, -0.2) is 15.0 Å². The Bertz CT molecular complexity index is 1400. The molecule has 0 radical (unpaired) electrons. The largest absolute Gasteiger partial charge is 0.459 e. The number of aromatic nitrogens is 4. The molecule has 36 heavy (non-hydrogen) atoms. The molecule has 4 rings (SSSR count). The first kappa shape index (κ1) is 27.5. The Morgan fingerprint density at radius 3 is 2.14 bits per heavy atom. The predicted octanol–water partition coefficient (Wildman–Crippen LogP) is 6.88. The van der Waals surface area contributed by atoms with E-state index in [9.17, 15) is 4.79 Å². The van der Waals surface area contributed by atoms with Crippen molar-refractivity contribution in [3.63, 3.8) is 0 Å². The van der Waals surface area contributed by atoms with E-state index in [-0.39, 0.29) is 36.1 Å². The zero-order chi connectivity index (χ0) is 26.3. The zero-order valence-corrected chi connectivity index (χ0v) is 23.3. The third-order valence-corrected chi connectivity index (χ3v) is 6.21. The number of carbonyl (C=O) groups is 1. The van der Waals surface area contributed by atoms with Crippen LogP contribution in [-0.2, 0) is 28.4 Å². The lowest BCUT2D eigenvalue weighted by atomic mass is 10.1. The molecule has 4 aromatic rings. The number of nitrogens with zero attached hydrogens (tertiary/aromatic N) is 4. The van der Waals surface area contributed by atoms with Crippen LogP contribution in [0.3, 0.4) is 0 Å². The summed E-state index contributed by atoms with van der Waals surface area (Å²) >= 11 is 36.1. The summed E-state index contributed by atoms with van der Waals surface area (Å²) in [5, 5.41) is 1.75. The average Bonchev–Trinajstić information content (AvgIpc) is 3.10. The van der Waals surface area contributed by atoms with Crippen LogP contribution >= 0.6 is 69.6 Å². The highest BCUT2D eigenvalue weighted by Gasteiger charge is 2.34. The number of para-hydroxylation sites is 1. The molecule has 190 valence electrons. The van der Waals surface area contributed by atoms with Crippen LogP contribution in [0.1, 0.15) is 18.6 Å². The highest BCUT2D eigenvalue weighted by atomic mass is 35.6. The molecule has 0 spiro atoms. The van der Waals surface area contributed by atoms with Gasteiger partial charge in [0.25, 0.3) is 0 Å². The maximum atomic E-state index is 12.6. The van der Waals surface area contributed by atoms with Crippen molar-refractivity contribution in [3.8, 4) is 11.4 Å². The molecule has 7 nitrogen and oxygen atoms in total. The number of benzene rings is 2. The van der Waals surface area contributed by atoms with E-state index in [1.165, 1.54) is 0 Å². The number of halogens is 6. The molecule has 1 atom stereocenters. The summed E-state index contributed by atoms with van der Waals surface area (Å²) < 4.78 is 8.44. The molecule has 0 fully saturated rings. The minimum atomic E-state index is -1.97. The van der Waals surface area contributed by atoms with Crippen molar-refractivity contribution >= 4 is 97.4 Å². The third-order valence-electron chi connectivity index (χ3n) is 5.19. The summed E-state index contributed by atoms with van der Waals surface area (Å²) in [6.07, 6.45) is -0.370. The highest BCUT2D eigenvalue weighted by Crippen LogP contribution is 2.41. The lowest BCUT2D eigenvalue weighted by molar-refractivity contribution is -0.151. The molecule has 0 aliphatic heterocycles. The van der Waals surface area contributed by atoms with Crippen LogP contribution in [-0.4, -0.2) is 45.3 Å². The van der Waals surface area contributed by atoms with Crippen molar-refractivity contribution in [1.29, 1.82) is 0 Å². The van der Waals surface area contributed by atoms with Crippen LogP contribution in [0.4, 0.5) is 0 Å². The maximum absolute atomic E-state index is 12.6. The molecule has 0 saturated heterocycles. The first-order chi connectivity index (χ1) is 16.9. The topological polar surface area (TPSA) is 79.1 Å². The van der Waals surface area contributed by atoms with E-state index in [2.05, 4.69) is 15.0 Å². The van der Waals surface area contributed by atoms with Gasteiger partial charge in [-0.1, -0.05) is 87.8 Å². The van der Waals surface area contributed by atoms with Gasteiger partial charge in [0.05, 0.1) is 6.61 Å². The van der Waals surface area contributed by atoms with Gasteiger partial charge in [-0.2, -0.15) is 0 Å².